The molecule has 2 amide bonds. The summed E-state index contributed by atoms with van der Waals surface area (Å²) in [6, 6.07) is 11.8. The summed E-state index contributed by atoms with van der Waals surface area (Å²) < 4.78 is 5.12. The van der Waals surface area contributed by atoms with Gasteiger partial charge in [-0.2, -0.15) is 0 Å². The van der Waals surface area contributed by atoms with Crippen LogP contribution in [0.3, 0.4) is 0 Å². The van der Waals surface area contributed by atoms with Gasteiger partial charge in [-0.15, -0.1) is 0 Å². The maximum atomic E-state index is 12.6. The largest absolute Gasteiger partial charge is 0.495 e. The van der Waals surface area contributed by atoms with Crippen molar-refractivity contribution in [2.45, 2.75) is 13.3 Å². The molecule has 0 bridgehead atoms. The number of nitrogens with zero attached hydrogens (tertiary/aromatic N) is 1. The molecule has 0 unspecified atom stereocenters. The third kappa shape index (κ3) is 4.11. The summed E-state index contributed by atoms with van der Waals surface area (Å²) in [5.41, 5.74) is 1.68. The van der Waals surface area contributed by atoms with E-state index in [4.69, 9.17) is 16.3 Å². The summed E-state index contributed by atoms with van der Waals surface area (Å²) in [6.45, 7) is 1.73. The molecule has 0 radical (unpaired) electrons. The van der Waals surface area contributed by atoms with Crippen molar-refractivity contribution in [3.05, 3.63) is 53.1 Å². The van der Waals surface area contributed by atoms with Crippen LogP contribution in [-0.2, 0) is 9.59 Å². The molecule has 1 atom stereocenters. The highest BCUT2D eigenvalue weighted by Crippen LogP contribution is 2.32. The Kier molecular flexibility index (Phi) is 5.46. The lowest BCUT2D eigenvalue weighted by atomic mass is 10.1. The molecule has 2 aromatic carbocycles. The van der Waals surface area contributed by atoms with Crippen molar-refractivity contribution in [3.8, 4) is 5.75 Å². The molecule has 1 fully saturated rings. The Morgan fingerprint density at radius 2 is 2.00 bits per heavy atom. The van der Waals surface area contributed by atoms with Gasteiger partial charge in [0.25, 0.3) is 0 Å². The van der Waals surface area contributed by atoms with Gasteiger partial charge in [-0.05, 0) is 37.3 Å². The second-order valence-corrected chi connectivity index (χ2v) is 6.76. The maximum Gasteiger partial charge on any atom is 0.229 e. The highest BCUT2D eigenvalue weighted by molar-refractivity contribution is 6.32. The van der Waals surface area contributed by atoms with Gasteiger partial charge in [0, 0.05) is 29.9 Å². The third-order valence-electron chi connectivity index (χ3n) is 4.48. The van der Waals surface area contributed by atoms with Gasteiger partial charge in [-0.25, -0.2) is 0 Å². The lowest BCUT2D eigenvalue weighted by Gasteiger charge is -2.18. The average molecular weight is 387 g/mol. The molecular weight excluding hydrogens is 368 g/mol. The van der Waals surface area contributed by atoms with Crippen molar-refractivity contribution in [1.29, 1.82) is 0 Å². The number of ether oxygens (including phenoxy) is 1. The summed E-state index contributed by atoms with van der Waals surface area (Å²) in [5, 5.41) is 3.18. The van der Waals surface area contributed by atoms with Crippen LogP contribution in [0.2, 0.25) is 5.02 Å². The lowest BCUT2D eigenvalue weighted by molar-refractivity contribution is -0.122. The number of halogens is 1. The third-order valence-corrected chi connectivity index (χ3v) is 4.77. The maximum absolute atomic E-state index is 12.6. The van der Waals surface area contributed by atoms with Crippen LogP contribution in [0.25, 0.3) is 0 Å². The van der Waals surface area contributed by atoms with Crippen LogP contribution in [-0.4, -0.2) is 31.3 Å². The second-order valence-electron chi connectivity index (χ2n) is 6.35. The van der Waals surface area contributed by atoms with Gasteiger partial charge >= 0.3 is 0 Å². The molecule has 1 N–H and O–H groups in total. The molecule has 0 aromatic heterocycles. The summed E-state index contributed by atoms with van der Waals surface area (Å²) >= 11 is 6.13. The molecule has 1 aliphatic heterocycles. The van der Waals surface area contributed by atoms with Crippen LogP contribution in [0.1, 0.15) is 23.7 Å². The first-order valence-electron chi connectivity index (χ1n) is 8.45. The van der Waals surface area contributed by atoms with Crippen LogP contribution in [0.15, 0.2) is 42.5 Å². The molecule has 140 valence electrons. The number of anilines is 2. The minimum absolute atomic E-state index is 0.0790. The van der Waals surface area contributed by atoms with Crippen molar-refractivity contribution < 1.29 is 19.1 Å². The number of Topliss-reactive ketones (excluding diaryl/α,β-unsaturated/α-hetero) is 1. The summed E-state index contributed by atoms with van der Waals surface area (Å²) in [6.07, 6.45) is 0.113. The fraction of sp³-hybridized carbons (Fsp3) is 0.250. The number of hydrogen-bond donors (Lipinski definition) is 1. The predicted molar refractivity (Wildman–Crippen MR) is 104 cm³/mol. The first kappa shape index (κ1) is 18.9. The predicted octanol–water partition coefficient (Wildman–Crippen LogP) is 3.54. The van der Waals surface area contributed by atoms with Gasteiger partial charge in [0.1, 0.15) is 5.75 Å². The molecule has 1 saturated heterocycles. The molecule has 3 rings (SSSR count). The number of carbonyl (C=O) groups excluding carboxylic acids is 3. The van der Waals surface area contributed by atoms with E-state index in [1.807, 2.05) is 0 Å². The van der Waals surface area contributed by atoms with Gasteiger partial charge in [0.2, 0.25) is 11.8 Å². The van der Waals surface area contributed by atoms with Crippen molar-refractivity contribution >= 4 is 40.6 Å². The van der Waals surface area contributed by atoms with E-state index in [2.05, 4.69) is 5.32 Å². The molecular formula is C20H19ClN2O4. The van der Waals surface area contributed by atoms with Crippen molar-refractivity contribution in [2.24, 2.45) is 5.92 Å². The highest BCUT2D eigenvalue weighted by atomic mass is 35.5. The van der Waals surface area contributed by atoms with Crippen molar-refractivity contribution in [2.75, 3.05) is 23.9 Å². The van der Waals surface area contributed by atoms with E-state index < -0.39 is 5.92 Å². The Morgan fingerprint density at radius 3 is 2.67 bits per heavy atom. The molecule has 0 spiro atoms. The molecule has 7 heteroatoms. The molecule has 0 saturated carbocycles. The van der Waals surface area contributed by atoms with Gasteiger partial charge < -0.3 is 15.0 Å². The average Bonchev–Trinajstić information content (AvgIpc) is 3.03. The first-order chi connectivity index (χ1) is 12.9. The summed E-state index contributed by atoms with van der Waals surface area (Å²) in [4.78, 5) is 38.0. The van der Waals surface area contributed by atoms with E-state index in [0.717, 1.165) is 0 Å². The van der Waals surface area contributed by atoms with E-state index >= 15 is 0 Å². The van der Waals surface area contributed by atoms with Crippen molar-refractivity contribution in [1.82, 2.24) is 0 Å². The van der Waals surface area contributed by atoms with Crippen LogP contribution in [0.5, 0.6) is 5.75 Å². The van der Waals surface area contributed by atoms with Gasteiger partial charge in [0.15, 0.2) is 5.78 Å². The number of ketones is 1. The second kappa shape index (κ2) is 7.80. The Labute approximate surface area is 162 Å². The number of hydrogen-bond acceptors (Lipinski definition) is 4. The van der Waals surface area contributed by atoms with Gasteiger partial charge in [-0.3, -0.25) is 14.4 Å². The lowest BCUT2D eigenvalue weighted by Crippen LogP contribution is -2.28. The van der Waals surface area contributed by atoms with Gasteiger partial charge in [0.05, 0.1) is 18.1 Å². The fourth-order valence-electron chi connectivity index (χ4n) is 3.02. The molecule has 1 aliphatic rings. The zero-order valence-electron chi connectivity index (χ0n) is 15.0. The summed E-state index contributed by atoms with van der Waals surface area (Å²) in [5.74, 6) is -0.448. The number of nitrogens with one attached hydrogen (secondary N) is 1. The van der Waals surface area contributed by atoms with Crippen LogP contribution in [0, 0.1) is 5.92 Å². The van der Waals surface area contributed by atoms with Crippen LogP contribution < -0.4 is 15.0 Å². The number of carbonyl (C=O) groups is 3. The van der Waals surface area contributed by atoms with E-state index in [9.17, 15) is 14.4 Å². The minimum Gasteiger partial charge on any atom is -0.495 e. The number of rotatable bonds is 5. The van der Waals surface area contributed by atoms with E-state index in [1.54, 1.807) is 47.4 Å². The van der Waals surface area contributed by atoms with Crippen molar-refractivity contribution in [3.63, 3.8) is 0 Å². The quantitative estimate of drug-likeness (QED) is 0.797. The van der Waals surface area contributed by atoms with Gasteiger partial charge in [-0.1, -0.05) is 23.7 Å². The molecule has 27 heavy (non-hydrogen) atoms. The SMILES string of the molecule is COc1ccc(N2C[C@H](C(=O)Nc3cccc(C(C)=O)c3)CC2=O)cc1Cl. The Bertz CT molecular complexity index is 913. The Hall–Kier alpha value is -2.86. The smallest absolute Gasteiger partial charge is 0.229 e. The van der Waals surface area contributed by atoms with E-state index in [-0.39, 0.29) is 30.6 Å². The minimum atomic E-state index is -0.487. The number of amides is 2. The Morgan fingerprint density at radius 1 is 1.22 bits per heavy atom. The fourth-order valence-corrected chi connectivity index (χ4v) is 3.27. The monoisotopic (exact) mass is 386 g/mol. The van der Waals surface area contributed by atoms with Crippen LogP contribution >= 0.6 is 11.6 Å². The zero-order chi connectivity index (χ0) is 19.6. The molecule has 0 aliphatic carbocycles. The molecule has 2 aromatic rings. The molecule has 6 nitrogen and oxygen atoms in total. The number of methoxy groups -OCH3 is 1. The standard InChI is InChI=1S/C20H19ClN2O4/c1-12(24)13-4-3-5-15(8-13)22-20(26)14-9-19(25)23(11-14)16-6-7-18(27-2)17(21)10-16/h3-8,10,14H,9,11H2,1-2H3,(H,22,26)/t14-/m1/s1. The highest BCUT2D eigenvalue weighted by Gasteiger charge is 2.35. The van der Waals surface area contributed by atoms with E-state index in [1.165, 1.54) is 14.0 Å². The zero-order valence-corrected chi connectivity index (χ0v) is 15.7. The summed E-state index contributed by atoms with van der Waals surface area (Å²) in [7, 11) is 1.52. The first-order valence-corrected chi connectivity index (χ1v) is 8.82. The molecule has 1 heterocycles. The van der Waals surface area contributed by atoms with Crippen LogP contribution in [0.4, 0.5) is 11.4 Å². The number of benzene rings is 2. The normalized spacial score (nSPS) is 16.3. The Balaban J connectivity index is 1.71. The van der Waals surface area contributed by atoms with E-state index in [0.29, 0.717) is 27.7 Å². The topological polar surface area (TPSA) is 75.7 Å².